The van der Waals surface area contributed by atoms with Gasteiger partial charge in [0.1, 0.15) is 4.88 Å². The van der Waals surface area contributed by atoms with Gasteiger partial charge in [-0.2, -0.15) is 5.10 Å². The molecule has 0 aliphatic heterocycles. The van der Waals surface area contributed by atoms with Gasteiger partial charge in [-0.3, -0.25) is 9.59 Å². The van der Waals surface area contributed by atoms with E-state index in [9.17, 15) is 14.4 Å². The van der Waals surface area contributed by atoms with Crippen LogP contribution in [0.2, 0.25) is 5.02 Å². The molecule has 2 amide bonds. The highest BCUT2D eigenvalue weighted by molar-refractivity contribution is 7.21. The predicted octanol–water partition coefficient (Wildman–Crippen LogP) is 4.29. The van der Waals surface area contributed by atoms with Crippen LogP contribution in [-0.2, 0) is 9.59 Å². The van der Waals surface area contributed by atoms with Crippen molar-refractivity contribution >= 4 is 62.2 Å². The number of hydrogen-bond donors (Lipinski definition) is 3. The number of hydrogen-bond acceptors (Lipinski definition) is 5. The standard InChI is InChI=1S/C21H16ClN3O4S/c1-12(13-5-4-6-14(11-13)23-17(26)9-10-18(27)28)24-25-21(29)20-19(22)15-7-2-3-8-16(15)30-20/h2-11H,1H3,(H,23,26)(H,25,29)(H,27,28)/b10-9+,24-12+. The van der Waals surface area contributed by atoms with E-state index >= 15 is 0 Å². The zero-order valence-electron chi connectivity index (χ0n) is 15.7. The lowest BCUT2D eigenvalue weighted by atomic mass is 10.1. The van der Waals surface area contributed by atoms with Gasteiger partial charge in [-0.15, -0.1) is 11.3 Å². The van der Waals surface area contributed by atoms with Crippen LogP contribution in [0.3, 0.4) is 0 Å². The number of nitrogens with zero attached hydrogens (tertiary/aromatic N) is 1. The van der Waals surface area contributed by atoms with Gasteiger partial charge in [-0.25, -0.2) is 10.2 Å². The largest absolute Gasteiger partial charge is 0.478 e. The fourth-order valence-electron chi connectivity index (χ4n) is 2.56. The quantitative estimate of drug-likeness (QED) is 0.301. The maximum Gasteiger partial charge on any atom is 0.328 e. The molecule has 3 N–H and O–H groups in total. The van der Waals surface area contributed by atoms with Gasteiger partial charge in [0.25, 0.3) is 5.91 Å². The molecule has 2 aromatic carbocycles. The number of fused-ring (bicyclic) bond motifs is 1. The second-order valence-corrected chi connectivity index (χ2v) is 7.55. The number of carbonyl (C=O) groups is 3. The summed E-state index contributed by atoms with van der Waals surface area (Å²) in [5.41, 5.74) is 4.14. The second-order valence-electron chi connectivity index (χ2n) is 6.12. The van der Waals surface area contributed by atoms with Gasteiger partial charge in [0.15, 0.2) is 0 Å². The predicted molar refractivity (Wildman–Crippen MR) is 118 cm³/mol. The van der Waals surface area contributed by atoms with Crippen molar-refractivity contribution in [2.75, 3.05) is 5.32 Å². The Morgan fingerprint density at radius 1 is 1.10 bits per heavy atom. The summed E-state index contributed by atoms with van der Waals surface area (Å²) in [7, 11) is 0. The first-order valence-electron chi connectivity index (χ1n) is 8.69. The number of carboxylic acid groups (broad SMARTS) is 1. The minimum atomic E-state index is -1.21. The lowest BCUT2D eigenvalue weighted by Crippen LogP contribution is -2.18. The molecule has 7 nitrogen and oxygen atoms in total. The van der Waals surface area contributed by atoms with E-state index < -0.39 is 17.8 Å². The molecule has 9 heteroatoms. The molecule has 0 bridgehead atoms. The van der Waals surface area contributed by atoms with E-state index in [2.05, 4.69) is 15.8 Å². The summed E-state index contributed by atoms with van der Waals surface area (Å²) in [6, 6.07) is 14.3. The van der Waals surface area contributed by atoms with E-state index in [1.807, 2.05) is 24.3 Å². The highest BCUT2D eigenvalue weighted by atomic mass is 35.5. The van der Waals surface area contributed by atoms with Gasteiger partial charge in [0, 0.05) is 27.9 Å². The molecule has 0 fully saturated rings. The van der Waals surface area contributed by atoms with E-state index in [1.54, 1.807) is 31.2 Å². The van der Waals surface area contributed by atoms with Gasteiger partial charge >= 0.3 is 5.97 Å². The highest BCUT2D eigenvalue weighted by Crippen LogP contribution is 2.34. The third kappa shape index (κ3) is 5.11. The van der Waals surface area contributed by atoms with Gasteiger partial charge in [0.2, 0.25) is 5.91 Å². The SMILES string of the molecule is C/C(=N\NC(=O)c1sc2ccccc2c1Cl)c1cccc(NC(=O)/C=C/C(=O)O)c1. The summed E-state index contributed by atoms with van der Waals surface area (Å²) in [5, 5.41) is 16.5. The van der Waals surface area contributed by atoms with Crippen molar-refractivity contribution in [1.82, 2.24) is 5.43 Å². The Morgan fingerprint density at radius 2 is 1.87 bits per heavy atom. The summed E-state index contributed by atoms with van der Waals surface area (Å²) < 4.78 is 0.911. The van der Waals surface area contributed by atoms with Gasteiger partial charge in [-0.05, 0) is 30.7 Å². The van der Waals surface area contributed by atoms with E-state index in [0.29, 0.717) is 26.9 Å². The number of carboxylic acids is 1. The number of benzene rings is 2. The number of carbonyl (C=O) groups excluding carboxylic acids is 2. The number of amides is 2. The Bertz CT molecular complexity index is 1200. The van der Waals surface area contributed by atoms with Crippen LogP contribution in [0.15, 0.2) is 65.8 Å². The molecule has 0 aliphatic rings. The van der Waals surface area contributed by atoms with Crippen LogP contribution < -0.4 is 10.7 Å². The molecular weight excluding hydrogens is 426 g/mol. The average Bonchev–Trinajstić information content (AvgIpc) is 3.07. The topological polar surface area (TPSA) is 108 Å². The van der Waals surface area contributed by atoms with E-state index in [-0.39, 0.29) is 0 Å². The van der Waals surface area contributed by atoms with Crippen molar-refractivity contribution < 1.29 is 19.5 Å². The van der Waals surface area contributed by atoms with Crippen LogP contribution in [0.4, 0.5) is 5.69 Å². The Hall–Kier alpha value is -3.49. The first-order chi connectivity index (χ1) is 14.3. The molecule has 30 heavy (non-hydrogen) atoms. The third-order valence-electron chi connectivity index (χ3n) is 3.99. The summed E-state index contributed by atoms with van der Waals surface area (Å²) in [6.07, 6.45) is 1.67. The second kappa shape index (κ2) is 9.34. The first kappa shape index (κ1) is 21.2. The molecular formula is C21H16ClN3O4S. The number of nitrogens with one attached hydrogen (secondary N) is 2. The fourth-order valence-corrected chi connectivity index (χ4v) is 3.97. The number of halogens is 1. The molecule has 3 aromatic rings. The van der Waals surface area contributed by atoms with Crippen molar-refractivity contribution in [2.45, 2.75) is 6.92 Å². The van der Waals surface area contributed by atoms with Gasteiger partial charge in [0.05, 0.1) is 10.7 Å². The van der Waals surface area contributed by atoms with Crippen LogP contribution >= 0.6 is 22.9 Å². The average molecular weight is 442 g/mol. The van der Waals surface area contributed by atoms with Crippen LogP contribution in [0.5, 0.6) is 0 Å². The Labute approximate surface area is 180 Å². The molecule has 0 saturated heterocycles. The van der Waals surface area contributed by atoms with Gasteiger partial charge in [-0.1, -0.05) is 41.9 Å². The number of aliphatic carboxylic acids is 1. The summed E-state index contributed by atoms with van der Waals surface area (Å²) >= 11 is 7.60. The minimum absolute atomic E-state index is 0.376. The van der Waals surface area contributed by atoms with Crippen molar-refractivity contribution in [3.8, 4) is 0 Å². The maximum atomic E-state index is 12.5. The molecule has 0 aliphatic carbocycles. The summed E-state index contributed by atoms with van der Waals surface area (Å²) in [4.78, 5) is 35.1. The fraction of sp³-hybridized carbons (Fsp3) is 0.0476. The molecule has 152 valence electrons. The van der Waals surface area contributed by atoms with Crippen molar-refractivity contribution in [1.29, 1.82) is 0 Å². The smallest absolute Gasteiger partial charge is 0.328 e. The molecule has 3 rings (SSSR count). The summed E-state index contributed by atoms with van der Waals surface area (Å²) in [6.45, 7) is 1.71. The van der Waals surface area contributed by atoms with Crippen LogP contribution in [0, 0.1) is 0 Å². The maximum absolute atomic E-state index is 12.5. The minimum Gasteiger partial charge on any atom is -0.478 e. The van der Waals surface area contributed by atoms with E-state index in [1.165, 1.54) is 11.3 Å². The molecule has 0 saturated carbocycles. The normalized spacial score (nSPS) is 11.6. The first-order valence-corrected chi connectivity index (χ1v) is 9.88. The molecule has 1 heterocycles. The van der Waals surface area contributed by atoms with Crippen molar-refractivity contribution in [3.05, 3.63) is 76.1 Å². The third-order valence-corrected chi connectivity index (χ3v) is 5.67. The lowest BCUT2D eigenvalue weighted by molar-refractivity contribution is -0.131. The van der Waals surface area contributed by atoms with Crippen molar-refractivity contribution in [2.24, 2.45) is 5.10 Å². The van der Waals surface area contributed by atoms with Crippen LogP contribution in [0.25, 0.3) is 10.1 Å². The van der Waals surface area contributed by atoms with E-state index in [0.717, 1.165) is 22.2 Å². The summed E-state index contributed by atoms with van der Waals surface area (Å²) in [5.74, 6) is -2.20. The van der Waals surface area contributed by atoms with E-state index in [4.69, 9.17) is 16.7 Å². The van der Waals surface area contributed by atoms with Crippen LogP contribution in [0.1, 0.15) is 22.2 Å². The highest BCUT2D eigenvalue weighted by Gasteiger charge is 2.16. The van der Waals surface area contributed by atoms with Crippen molar-refractivity contribution in [3.63, 3.8) is 0 Å². The monoisotopic (exact) mass is 441 g/mol. The zero-order valence-corrected chi connectivity index (χ0v) is 17.3. The lowest BCUT2D eigenvalue weighted by Gasteiger charge is -2.06. The number of thiophene rings is 1. The number of hydrazone groups is 1. The Balaban J connectivity index is 1.72. The Morgan fingerprint density at radius 3 is 2.60 bits per heavy atom. The molecule has 1 aromatic heterocycles. The molecule has 0 spiro atoms. The Kier molecular flexibility index (Phi) is 6.61. The molecule has 0 radical (unpaired) electrons. The van der Waals surface area contributed by atoms with Crippen LogP contribution in [-0.4, -0.2) is 28.6 Å². The molecule has 0 atom stereocenters. The van der Waals surface area contributed by atoms with Gasteiger partial charge < -0.3 is 10.4 Å². The number of anilines is 1. The zero-order chi connectivity index (χ0) is 21.7. The molecule has 0 unspecified atom stereocenters. The number of rotatable bonds is 6.